The van der Waals surface area contributed by atoms with Gasteiger partial charge in [0.05, 0.1) is 18.2 Å². The van der Waals surface area contributed by atoms with E-state index >= 15 is 0 Å². The fourth-order valence-electron chi connectivity index (χ4n) is 2.12. The van der Waals surface area contributed by atoms with Crippen LogP contribution < -0.4 is 16.0 Å². The van der Waals surface area contributed by atoms with E-state index in [1.807, 2.05) is 31.2 Å². The molecule has 0 fully saturated rings. The Kier molecular flexibility index (Phi) is 4.95. The van der Waals surface area contributed by atoms with Crippen LogP contribution in [0.15, 0.2) is 36.7 Å². The van der Waals surface area contributed by atoms with Gasteiger partial charge in [-0.1, -0.05) is 23.7 Å². The smallest absolute Gasteiger partial charge is 0.122 e. The summed E-state index contributed by atoms with van der Waals surface area (Å²) in [6.45, 7) is 2.01. The monoisotopic (exact) mass is 291 g/mol. The minimum atomic E-state index is -0.0376. The molecule has 0 saturated heterocycles. The first-order chi connectivity index (χ1) is 9.65. The summed E-state index contributed by atoms with van der Waals surface area (Å²) in [6.07, 6.45) is 4.05. The summed E-state index contributed by atoms with van der Waals surface area (Å²) in [6, 6.07) is 7.92. The largest absolute Gasteiger partial charge is 0.496 e. The van der Waals surface area contributed by atoms with Gasteiger partial charge < -0.3 is 4.74 Å². The summed E-state index contributed by atoms with van der Waals surface area (Å²) in [5.41, 5.74) is 5.98. The lowest BCUT2D eigenvalue weighted by molar-refractivity contribution is 0.410. The lowest BCUT2D eigenvalue weighted by atomic mass is 9.98. The molecule has 0 aliphatic carbocycles. The van der Waals surface area contributed by atoms with Crippen LogP contribution in [0.1, 0.15) is 22.7 Å². The molecule has 0 aliphatic heterocycles. The maximum atomic E-state index is 6.14. The SMILES string of the molecule is COc1cc(C(Cc2ccncc2Cl)NN)ccc1C. The highest BCUT2D eigenvalue weighted by Crippen LogP contribution is 2.26. The van der Waals surface area contributed by atoms with E-state index in [1.165, 1.54) is 0 Å². The van der Waals surface area contributed by atoms with Gasteiger partial charge in [-0.15, -0.1) is 0 Å². The van der Waals surface area contributed by atoms with Crippen LogP contribution in [0.4, 0.5) is 0 Å². The molecule has 106 valence electrons. The Morgan fingerprint density at radius 2 is 2.20 bits per heavy atom. The second-order valence-corrected chi connectivity index (χ2v) is 5.03. The molecular weight excluding hydrogens is 274 g/mol. The molecule has 0 amide bonds. The van der Waals surface area contributed by atoms with E-state index in [0.29, 0.717) is 11.4 Å². The molecule has 1 atom stereocenters. The van der Waals surface area contributed by atoms with Gasteiger partial charge in [0.25, 0.3) is 0 Å². The number of benzene rings is 1. The van der Waals surface area contributed by atoms with Crippen molar-refractivity contribution in [1.29, 1.82) is 0 Å². The maximum Gasteiger partial charge on any atom is 0.122 e. The highest BCUT2D eigenvalue weighted by Gasteiger charge is 2.14. The molecule has 0 spiro atoms. The third-order valence-electron chi connectivity index (χ3n) is 3.32. The van der Waals surface area contributed by atoms with Crippen LogP contribution in [0, 0.1) is 6.92 Å². The Morgan fingerprint density at radius 3 is 2.85 bits per heavy atom. The fraction of sp³-hybridized carbons (Fsp3) is 0.267. The van der Waals surface area contributed by atoms with Crippen molar-refractivity contribution < 1.29 is 4.74 Å². The quantitative estimate of drug-likeness (QED) is 0.657. The molecule has 20 heavy (non-hydrogen) atoms. The van der Waals surface area contributed by atoms with Crippen molar-refractivity contribution in [1.82, 2.24) is 10.4 Å². The van der Waals surface area contributed by atoms with Crippen LogP contribution in [-0.4, -0.2) is 12.1 Å². The Morgan fingerprint density at radius 1 is 1.40 bits per heavy atom. The first kappa shape index (κ1) is 14.8. The fourth-order valence-corrected chi connectivity index (χ4v) is 2.31. The van der Waals surface area contributed by atoms with Crippen LogP contribution in [0.25, 0.3) is 0 Å². The number of pyridine rings is 1. The Hall–Kier alpha value is -1.62. The van der Waals surface area contributed by atoms with Crippen LogP contribution >= 0.6 is 11.6 Å². The van der Waals surface area contributed by atoms with Crippen molar-refractivity contribution in [3.8, 4) is 5.75 Å². The predicted molar refractivity (Wildman–Crippen MR) is 80.7 cm³/mol. The second kappa shape index (κ2) is 6.70. The minimum absolute atomic E-state index is 0.0376. The van der Waals surface area contributed by atoms with E-state index in [2.05, 4.69) is 10.4 Å². The average molecular weight is 292 g/mol. The van der Waals surface area contributed by atoms with Gasteiger partial charge in [-0.05, 0) is 42.2 Å². The number of halogens is 1. The summed E-state index contributed by atoms with van der Waals surface area (Å²) in [5, 5.41) is 0.645. The number of aromatic nitrogens is 1. The molecule has 1 aromatic carbocycles. The van der Waals surface area contributed by atoms with E-state index in [-0.39, 0.29) is 6.04 Å². The Labute approximate surface area is 123 Å². The molecule has 1 heterocycles. The van der Waals surface area contributed by atoms with Crippen molar-refractivity contribution in [2.24, 2.45) is 5.84 Å². The normalized spacial score (nSPS) is 12.2. The molecule has 3 N–H and O–H groups in total. The van der Waals surface area contributed by atoms with E-state index in [1.54, 1.807) is 19.5 Å². The molecule has 0 radical (unpaired) electrons. The molecule has 1 aromatic heterocycles. The number of rotatable bonds is 5. The first-order valence-electron chi connectivity index (χ1n) is 6.34. The number of nitrogens with zero attached hydrogens (tertiary/aromatic N) is 1. The summed E-state index contributed by atoms with van der Waals surface area (Å²) >= 11 is 6.14. The van der Waals surface area contributed by atoms with Crippen molar-refractivity contribution in [3.63, 3.8) is 0 Å². The third-order valence-corrected chi connectivity index (χ3v) is 3.66. The third kappa shape index (κ3) is 3.28. The summed E-state index contributed by atoms with van der Waals surface area (Å²) in [4.78, 5) is 3.99. The topological polar surface area (TPSA) is 60.2 Å². The maximum absolute atomic E-state index is 6.14. The second-order valence-electron chi connectivity index (χ2n) is 4.62. The molecule has 0 aliphatic rings. The summed E-state index contributed by atoms with van der Waals surface area (Å²) < 4.78 is 5.35. The molecule has 5 heteroatoms. The predicted octanol–water partition coefficient (Wildman–Crippen LogP) is 2.80. The van der Waals surface area contributed by atoms with Gasteiger partial charge in [-0.3, -0.25) is 16.3 Å². The zero-order chi connectivity index (χ0) is 14.5. The van der Waals surface area contributed by atoms with Crippen LogP contribution in [-0.2, 0) is 6.42 Å². The van der Waals surface area contributed by atoms with Gasteiger partial charge in [0.2, 0.25) is 0 Å². The van der Waals surface area contributed by atoms with E-state index < -0.39 is 0 Å². The van der Waals surface area contributed by atoms with Crippen molar-refractivity contribution in [2.45, 2.75) is 19.4 Å². The number of hydrogen-bond donors (Lipinski definition) is 2. The van der Waals surface area contributed by atoms with Gasteiger partial charge in [0.1, 0.15) is 5.75 Å². The molecule has 0 bridgehead atoms. The Bertz CT molecular complexity index is 589. The number of nitrogens with two attached hydrogens (primary N) is 1. The van der Waals surface area contributed by atoms with Gasteiger partial charge >= 0.3 is 0 Å². The standard InChI is InChI=1S/C15H18ClN3O/c1-10-3-4-12(8-15(10)20-2)14(19-17)7-11-5-6-18-9-13(11)16/h3-6,8-9,14,19H,7,17H2,1-2H3. The summed E-state index contributed by atoms with van der Waals surface area (Å²) in [7, 11) is 1.66. The molecule has 0 saturated carbocycles. The lowest BCUT2D eigenvalue weighted by Crippen LogP contribution is -2.29. The molecule has 2 aromatic rings. The van der Waals surface area contributed by atoms with Crippen molar-refractivity contribution in [2.75, 3.05) is 7.11 Å². The zero-order valence-electron chi connectivity index (χ0n) is 11.6. The zero-order valence-corrected chi connectivity index (χ0v) is 12.3. The van der Waals surface area contributed by atoms with Crippen molar-refractivity contribution >= 4 is 11.6 Å². The number of ether oxygens (including phenoxy) is 1. The number of aryl methyl sites for hydroxylation is 1. The Balaban J connectivity index is 2.26. The van der Waals surface area contributed by atoms with Crippen LogP contribution in [0.5, 0.6) is 5.75 Å². The number of nitrogens with one attached hydrogen (secondary N) is 1. The van der Waals surface area contributed by atoms with Gasteiger partial charge in [0.15, 0.2) is 0 Å². The first-order valence-corrected chi connectivity index (χ1v) is 6.72. The minimum Gasteiger partial charge on any atom is -0.496 e. The molecule has 1 unspecified atom stereocenters. The number of hydrogen-bond acceptors (Lipinski definition) is 4. The van der Waals surface area contributed by atoms with Crippen molar-refractivity contribution in [3.05, 3.63) is 58.4 Å². The lowest BCUT2D eigenvalue weighted by Gasteiger charge is -2.18. The van der Waals surface area contributed by atoms with E-state index in [9.17, 15) is 0 Å². The summed E-state index contributed by atoms with van der Waals surface area (Å²) in [5.74, 6) is 6.53. The van der Waals surface area contributed by atoms with Gasteiger partial charge in [0, 0.05) is 12.4 Å². The van der Waals surface area contributed by atoms with Gasteiger partial charge in [-0.25, -0.2) is 0 Å². The van der Waals surface area contributed by atoms with Crippen LogP contribution in [0.3, 0.4) is 0 Å². The highest BCUT2D eigenvalue weighted by atomic mass is 35.5. The van der Waals surface area contributed by atoms with Crippen LogP contribution in [0.2, 0.25) is 5.02 Å². The number of hydrazine groups is 1. The molecule has 2 rings (SSSR count). The highest BCUT2D eigenvalue weighted by molar-refractivity contribution is 6.31. The van der Waals surface area contributed by atoms with E-state index in [0.717, 1.165) is 22.4 Å². The average Bonchev–Trinajstić information content (AvgIpc) is 2.47. The van der Waals surface area contributed by atoms with Gasteiger partial charge in [-0.2, -0.15) is 0 Å². The van der Waals surface area contributed by atoms with E-state index in [4.69, 9.17) is 22.2 Å². The molecular formula is C15H18ClN3O. The molecule has 4 nitrogen and oxygen atoms in total. The number of methoxy groups -OCH3 is 1.